The lowest BCUT2D eigenvalue weighted by molar-refractivity contribution is 0.594. The van der Waals surface area contributed by atoms with Crippen molar-refractivity contribution in [2.24, 2.45) is 0 Å². The summed E-state index contributed by atoms with van der Waals surface area (Å²) in [5.74, 6) is 1.70. The van der Waals surface area contributed by atoms with Gasteiger partial charge in [-0.25, -0.2) is 15.0 Å². The summed E-state index contributed by atoms with van der Waals surface area (Å²) in [7, 11) is 0. The van der Waals surface area contributed by atoms with E-state index in [1.807, 2.05) is 48.5 Å². The average molecular weight is 396 g/mol. The molecule has 0 radical (unpaired) electrons. The van der Waals surface area contributed by atoms with E-state index in [9.17, 15) is 0 Å². The molecule has 5 aromatic rings. The molecule has 0 saturated carbocycles. The fourth-order valence-electron chi connectivity index (χ4n) is 3.96. The number of rotatable bonds is 7. The number of hydrogen-bond donors (Lipinski definition) is 1. The Bertz CT molecular complexity index is 1260. The first kappa shape index (κ1) is 18.6. The lowest BCUT2D eigenvalue weighted by Crippen LogP contribution is -2.02. The van der Waals surface area contributed by atoms with E-state index in [-0.39, 0.29) is 0 Å². The zero-order valence-electron chi connectivity index (χ0n) is 17.2. The molecule has 1 N–H and O–H groups in total. The fourth-order valence-corrected chi connectivity index (χ4v) is 3.96. The van der Waals surface area contributed by atoms with E-state index in [1.165, 1.54) is 24.8 Å². The maximum atomic E-state index is 4.93. The highest BCUT2D eigenvalue weighted by Crippen LogP contribution is 2.26. The standard InChI is InChI=1S/C25H25N5/c1-2-3-4-9-17-30-23-16-8-7-13-20(23)29-25(30)22-15-10-14-21(26-22)24-27-18-11-5-6-12-19(18)28-24/h5-8,10-16H,2-4,9,17H2,1H3,(H,27,28). The maximum Gasteiger partial charge on any atom is 0.159 e. The summed E-state index contributed by atoms with van der Waals surface area (Å²) in [6.45, 7) is 3.19. The van der Waals surface area contributed by atoms with E-state index in [2.05, 4.69) is 34.7 Å². The Kier molecular flexibility index (Phi) is 5.01. The van der Waals surface area contributed by atoms with Gasteiger partial charge < -0.3 is 9.55 Å². The Balaban J connectivity index is 1.56. The molecule has 5 heteroatoms. The first-order chi connectivity index (χ1) is 14.8. The molecule has 0 spiro atoms. The molecular formula is C25H25N5. The lowest BCUT2D eigenvalue weighted by Gasteiger charge is -2.09. The molecule has 3 aromatic heterocycles. The van der Waals surface area contributed by atoms with E-state index >= 15 is 0 Å². The van der Waals surface area contributed by atoms with Crippen LogP contribution in [0.2, 0.25) is 0 Å². The second-order valence-corrected chi connectivity index (χ2v) is 7.65. The zero-order chi connectivity index (χ0) is 20.3. The Morgan fingerprint density at radius 1 is 0.733 bits per heavy atom. The zero-order valence-corrected chi connectivity index (χ0v) is 17.2. The number of aromatic nitrogens is 5. The van der Waals surface area contributed by atoms with Gasteiger partial charge in [-0.2, -0.15) is 0 Å². The van der Waals surface area contributed by atoms with Crippen molar-refractivity contribution in [1.82, 2.24) is 24.5 Å². The van der Waals surface area contributed by atoms with E-state index in [1.54, 1.807) is 0 Å². The number of aryl methyl sites for hydroxylation is 1. The second kappa shape index (κ2) is 8.11. The minimum absolute atomic E-state index is 0.781. The summed E-state index contributed by atoms with van der Waals surface area (Å²) in [5.41, 5.74) is 5.84. The summed E-state index contributed by atoms with van der Waals surface area (Å²) >= 11 is 0. The Morgan fingerprint density at radius 2 is 1.53 bits per heavy atom. The highest BCUT2D eigenvalue weighted by atomic mass is 15.1. The van der Waals surface area contributed by atoms with Gasteiger partial charge >= 0.3 is 0 Å². The van der Waals surface area contributed by atoms with Gasteiger partial charge in [-0.1, -0.05) is 56.5 Å². The van der Waals surface area contributed by atoms with Gasteiger partial charge in [-0.15, -0.1) is 0 Å². The normalized spacial score (nSPS) is 11.5. The number of benzene rings is 2. The van der Waals surface area contributed by atoms with Gasteiger partial charge in [0.15, 0.2) is 11.6 Å². The molecule has 2 aromatic carbocycles. The number of fused-ring (bicyclic) bond motifs is 2. The second-order valence-electron chi connectivity index (χ2n) is 7.65. The van der Waals surface area contributed by atoms with Crippen LogP contribution in [0.3, 0.4) is 0 Å². The molecule has 3 heterocycles. The first-order valence-corrected chi connectivity index (χ1v) is 10.7. The van der Waals surface area contributed by atoms with Gasteiger partial charge in [0.25, 0.3) is 0 Å². The molecular weight excluding hydrogens is 370 g/mol. The van der Waals surface area contributed by atoms with Crippen LogP contribution in [0.1, 0.15) is 32.6 Å². The van der Waals surface area contributed by atoms with E-state index < -0.39 is 0 Å². The van der Waals surface area contributed by atoms with E-state index in [4.69, 9.17) is 15.0 Å². The summed E-state index contributed by atoms with van der Waals surface area (Å²) in [6, 6.07) is 22.5. The lowest BCUT2D eigenvalue weighted by atomic mass is 10.2. The smallest absolute Gasteiger partial charge is 0.159 e. The number of aromatic amines is 1. The summed E-state index contributed by atoms with van der Waals surface area (Å²) in [6.07, 6.45) is 4.87. The van der Waals surface area contributed by atoms with E-state index in [0.717, 1.165) is 52.6 Å². The predicted octanol–water partition coefficient (Wildman–Crippen LogP) is 6.22. The monoisotopic (exact) mass is 395 g/mol. The number of unbranched alkanes of at least 4 members (excludes halogenated alkanes) is 3. The topological polar surface area (TPSA) is 59.4 Å². The van der Waals surface area contributed by atoms with E-state index in [0.29, 0.717) is 0 Å². The van der Waals surface area contributed by atoms with Gasteiger partial charge in [-0.3, -0.25) is 0 Å². The third-order valence-corrected chi connectivity index (χ3v) is 5.50. The van der Waals surface area contributed by atoms with Crippen molar-refractivity contribution in [3.8, 4) is 23.0 Å². The quantitative estimate of drug-likeness (QED) is 0.333. The van der Waals surface area contributed by atoms with Crippen molar-refractivity contribution in [3.05, 3.63) is 66.7 Å². The number of nitrogens with one attached hydrogen (secondary N) is 1. The van der Waals surface area contributed by atoms with Crippen LogP contribution in [0, 0.1) is 0 Å². The van der Waals surface area contributed by atoms with Crippen LogP contribution in [-0.4, -0.2) is 24.5 Å². The van der Waals surface area contributed by atoms with Gasteiger partial charge in [0.05, 0.1) is 22.1 Å². The van der Waals surface area contributed by atoms with Crippen LogP contribution in [0.4, 0.5) is 0 Å². The number of para-hydroxylation sites is 4. The van der Waals surface area contributed by atoms with Crippen LogP contribution in [0.5, 0.6) is 0 Å². The van der Waals surface area contributed by atoms with Crippen LogP contribution in [0.15, 0.2) is 66.7 Å². The maximum absolute atomic E-state index is 4.93. The van der Waals surface area contributed by atoms with Crippen molar-refractivity contribution in [3.63, 3.8) is 0 Å². The average Bonchev–Trinajstić information content (AvgIpc) is 3.39. The van der Waals surface area contributed by atoms with Crippen LogP contribution in [0.25, 0.3) is 45.1 Å². The van der Waals surface area contributed by atoms with Gasteiger partial charge in [-0.05, 0) is 42.8 Å². The predicted molar refractivity (Wildman–Crippen MR) is 122 cm³/mol. The minimum Gasteiger partial charge on any atom is -0.337 e. The van der Waals surface area contributed by atoms with Crippen molar-refractivity contribution < 1.29 is 0 Å². The van der Waals surface area contributed by atoms with Crippen LogP contribution >= 0.6 is 0 Å². The molecule has 0 amide bonds. The first-order valence-electron chi connectivity index (χ1n) is 10.7. The Labute approximate surface area is 175 Å². The highest BCUT2D eigenvalue weighted by molar-refractivity contribution is 5.81. The molecule has 0 fully saturated rings. The minimum atomic E-state index is 0.781. The van der Waals surface area contributed by atoms with Gasteiger partial charge in [0, 0.05) is 6.54 Å². The van der Waals surface area contributed by atoms with Crippen molar-refractivity contribution in [1.29, 1.82) is 0 Å². The van der Waals surface area contributed by atoms with Crippen LogP contribution in [-0.2, 0) is 6.54 Å². The fraction of sp³-hybridized carbons (Fsp3) is 0.240. The molecule has 0 unspecified atom stereocenters. The van der Waals surface area contributed by atoms with Crippen molar-refractivity contribution >= 4 is 22.1 Å². The molecule has 5 nitrogen and oxygen atoms in total. The highest BCUT2D eigenvalue weighted by Gasteiger charge is 2.15. The largest absolute Gasteiger partial charge is 0.337 e. The summed E-state index contributed by atoms with van der Waals surface area (Å²) in [5, 5.41) is 0. The Hall–Kier alpha value is -3.47. The third kappa shape index (κ3) is 3.47. The number of pyridine rings is 1. The molecule has 0 aliphatic heterocycles. The van der Waals surface area contributed by atoms with Crippen LogP contribution < -0.4 is 0 Å². The molecule has 0 bridgehead atoms. The molecule has 5 rings (SSSR count). The molecule has 0 saturated heterocycles. The van der Waals surface area contributed by atoms with Gasteiger partial charge in [0.2, 0.25) is 0 Å². The number of hydrogen-bond acceptors (Lipinski definition) is 3. The molecule has 30 heavy (non-hydrogen) atoms. The van der Waals surface area contributed by atoms with Crippen molar-refractivity contribution in [2.45, 2.75) is 39.2 Å². The summed E-state index contributed by atoms with van der Waals surface area (Å²) in [4.78, 5) is 17.9. The molecule has 0 aliphatic rings. The number of H-pyrrole nitrogens is 1. The summed E-state index contributed by atoms with van der Waals surface area (Å²) < 4.78 is 2.32. The SMILES string of the molecule is CCCCCCn1c(-c2cccc(-c3nc4ccccc4[nH]3)n2)nc2ccccc21. The molecule has 0 aliphatic carbocycles. The Morgan fingerprint density at radius 3 is 2.40 bits per heavy atom. The third-order valence-electron chi connectivity index (χ3n) is 5.50. The van der Waals surface area contributed by atoms with Gasteiger partial charge in [0.1, 0.15) is 11.4 Å². The molecule has 0 atom stereocenters. The molecule has 150 valence electrons. The van der Waals surface area contributed by atoms with Crippen molar-refractivity contribution in [2.75, 3.05) is 0 Å². The number of nitrogens with zero attached hydrogens (tertiary/aromatic N) is 4. The number of imidazole rings is 2.